The minimum absolute atomic E-state index is 0.381. The van der Waals surface area contributed by atoms with E-state index in [1.165, 1.54) is 21.5 Å². The van der Waals surface area contributed by atoms with Gasteiger partial charge in [-0.25, -0.2) is 0 Å². The number of hydrogen-bond acceptors (Lipinski definition) is 4. The minimum Gasteiger partial charge on any atom is -0.398 e. The van der Waals surface area contributed by atoms with Gasteiger partial charge in [-0.3, -0.25) is 9.97 Å². The Morgan fingerprint density at radius 2 is 1.26 bits per heavy atom. The highest BCUT2D eigenvalue weighted by molar-refractivity contribution is 6.61. The highest BCUT2D eigenvalue weighted by atomic mass is 16.7. The van der Waals surface area contributed by atoms with Gasteiger partial charge in [-0.15, -0.1) is 0 Å². The highest BCUT2D eigenvalue weighted by Gasteiger charge is 2.52. The van der Waals surface area contributed by atoms with Crippen molar-refractivity contribution in [1.82, 2.24) is 9.97 Å². The van der Waals surface area contributed by atoms with Crippen molar-refractivity contribution >= 4 is 56.1 Å². The second-order valence-electron chi connectivity index (χ2n) is 9.43. The van der Waals surface area contributed by atoms with Crippen LogP contribution in [0.3, 0.4) is 0 Å². The van der Waals surface area contributed by atoms with Gasteiger partial charge in [0.05, 0.1) is 27.8 Å². The van der Waals surface area contributed by atoms with E-state index < -0.39 is 7.12 Å². The number of hydrogen-bond donors (Lipinski definition) is 0. The van der Waals surface area contributed by atoms with Crippen LogP contribution in [-0.4, -0.2) is 28.3 Å². The Morgan fingerprint density at radius 3 is 1.94 bits per heavy atom. The zero-order valence-corrected chi connectivity index (χ0v) is 18.1. The van der Waals surface area contributed by atoms with Gasteiger partial charge < -0.3 is 9.31 Å². The third-order valence-electron chi connectivity index (χ3n) is 6.88. The summed E-state index contributed by atoms with van der Waals surface area (Å²) in [7, 11) is -0.458. The van der Waals surface area contributed by atoms with Crippen LogP contribution >= 0.6 is 0 Å². The van der Waals surface area contributed by atoms with Gasteiger partial charge in [0.2, 0.25) is 0 Å². The van der Waals surface area contributed by atoms with Crippen LogP contribution in [0.25, 0.3) is 43.4 Å². The zero-order valence-electron chi connectivity index (χ0n) is 18.1. The van der Waals surface area contributed by atoms with E-state index >= 15 is 0 Å². The van der Waals surface area contributed by atoms with Gasteiger partial charge in [-0.2, -0.15) is 0 Å². The summed E-state index contributed by atoms with van der Waals surface area (Å²) < 4.78 is 12.4. The van der Waals surface area contributed by atoms with Gasteiger partial charge in [0.1, 0.15) is 0 Å². The smallest absolute Gasteiger partial charge is 0.398 e. The lowest BCUT2D eigenvalue weighted by Gasteiger charge is -2.32. The molecule has 0 unspecified atom stereocenters. The maximum Gasteiger partial charge on any atom is 0.514 e. The van der Waals surface area contributed by atoms with E-state index in [-0.39, 0.29) is 11.2 Å². The molecule has 0 bridgehead atoms. The normalized spacial score (nSPS) is 17.9. The molecule has 0 atom stereocenters. The van der Waals surface area contributed by atoms with Crippen LogP contribution in [0.5, 0.6) is 0 Å². The molecule has 3 aromatic carbocycles. The predicted molar refractivity (Wildman–Crippen MR) is 128 cm³/mol. The summed E-state index contributed by atoms with van der Waals surface area (Å²) >= 11 is 0. The van der Waals surface area contributed by atoms with Crippen LogP contribution in [0.4, 0.5) is 0 Å². The van der Waals surface area contributed by atoms with Crippen molar-refractivity contribution in [2.75, 3.05) is 0 Å². The van der Waals surface area contributed by atoms with Crippen LogP contribution in [0.15, 0.2) is 66.9 Å². The predicted octanol–water partition coefficient (Wildman–Crippen LogP) is 5.39. The average Bonchev–Trinajstić information content (AvgIpc) is 2.97. The van der Waals surface area contributed by atoms with Crippen molar-refractivity contribution in [3.63, 3.8) is 0 Å². The summed E-state index contributed by atoms with van der Waals surface area (Å²) in [6.45, 7) is 8.25. The van der Waals surface area contributed by atoms with Gasteiger partial charge in [0, 0.05) is 17.0 Å². The second-order valence-corrected chi connectivity index (χ2v) is 9.43. The van der Waals surface area contributed by atoms with Gasteiger partial charge in [0.15, 0.2) is 0 Å². The Morgan fingerprint density at radius 1 is 0.677 bits per heavy atom. The molecular weight excluding hydrogens is 383 g/mol. The summed E-state index contributed by atoms with van der Waals surface area (Å²) in [5, 5.41) is 7.07. The molecule has 0 radical (unpaired) electrons. The van der Waals surface area contributed by atoms with E-state index in [0.29, 0.717) is 0 Å². The fraction of sp³-hybridized carbons (Fsp3) is 0.231. The molecule has 4 nitrogen and oxygen atoms in total. The Labute approximate surface area is 181 Å². The number of aromatic nitrogens is 2. The SMILES string of the molecule is CC1(C)OB(c2ccc3cc4c(ccc5cc6ncccc6cc54)cc3n2)OC1(C)C. The van der Waals surface area contributed by atoms with E-state index in [4.69, 9.17) is 14.3 Å². The molecular formula is C26H23BN2O2. The first-order valence-corrected chi connectivity index (χ1v) is 10.7. The topological polar surface area (TPSA) is 44.2 Å². The summed E-state index contributed by atoms with van der Waals surface area (Å²) in [4.78, 5) is 9.40. The van der Waals surface area contributed by atoms with Crippen molar-refractivity contribution in [3.8, 4) is 0 Å². The highest BCUT2D eigenvalue weighted by Crippen LogP contribution is 2.36. The monoisotopic (exact) mass is 406 g/mol. The number of benzene rings is 3. The van der Waals surface area contributed by atoms with E-state index in [1.54, 1.807) is 0 Å². The lowest BCUT2D eigenvalue weighted by Crippen LogP contribution is -2.41. The largest absolute Gasteiger partial charge is 0.514 e. The van der Waals surface area contributed by atoms with Crippen LogP contribution in [0.1, 0.15) is 27.7 Å². The van der Waals surface area contributed by atoms with Gasteiger partial charge in [0.25, 0.3) is 0 Å². The molecule has 31 heavy (non-hydrogen) atoms. The summed E-state index contributed by atoms with van der Waals surface area (Å²) in [6, 6.07) is 21.3. The molecule has 1 saturated heterocycles. The lowest BCUT2D eigenvalue weighted by molar-refractivity contribution is 0.00578. The fourth-order valence-electron chi connectivity index (χ4n) is 4.36. The van der Waals surface area contributed by atoms with Crippen molar-refractivity contribution < 1.29 is 9.31 Å². The van der Waals surface area contributed by atoms with Crippen LogP contribution in [-0.2, 0) is 9.31 Å². The molecule has 1 fully saturated rings. The molecule has 1 aliphatic heterocycles. The molecule has 5 aromatic rings. The quantitative estimate of drug-likeness (QED) is 0.213. The Balaban J connectivity index is 1.51. The number of nitrogens with zero attached hydrogens (tertiary/aromatic N) is 2. The van der Waals surface area contributed by atoms with Crippen molar-refractivity contribution in [3.05, 3.63) is 66.9 Å². The second kappa shape index (κ2) is 6.25. The molecule has 1 aliphatic rings. The molecule has 0 N–H and O–H groups in total. The summed E-state index contributed by atoms with van der Waals surface area (Å²) in [6.07, 6.45) is 1.84. The molecule has 0 spiro atoms. The van der Waals surface area contributed by atoms with Gasteiger partial charge >= 0.3 is 7.12 Å². The third kappa shape index (κ3) is 2.84. The standard InChI is InChI=1S/C26H23BN2O2/c1-25(2)26(3,4)31-27(30-25)24-10-9-19-13-21-17(15-23(19)29-24)8-7-16-14-22-18(12-20(16)21)6-5-11-28-22/h5-15H,1-4H3. The summed E-state index contributed by atoms with van der Waals surface area (Å²) in [5.74, 6) is 0. The summed E-state index contributed by atoms with van der Waals surface area (Å²) in [5.41, 5.74) is 2.01. The molecule has 6 rings (SSSR count). The first-order valence-electron chi connectivity index (χ1n) is 10.7. The van der Waals surface area contributed by atoms with E-state index in [0.717, 1.165) is 27.4 Å². The van der Waals surface area contributed by atoms with E-state index in [2.05, 4.69) is 81.2 Å². The van der Waals surface area contributed by atoms with Crippen molar-refractivity contribution in [1.29, 1.82) is 0 Å². The number of pyridine rings is 2. The third-order valence-corrected chi connectivity index (χ3v) is 6.88. The Kier molecular flexibility index (Phi) is 3.78. The number of rotatable bonds is 1. The van der Waals surface area contributed by atoms with Crippen molar-refractivity contribution in [2.24, 2.45) is 0 Å². The molecule has 5 heteroatoms. The van der Waals surface area contributed by atoms with Gasteiger partial charge in [-0.05, 0) is 85.6 Å². The van der Waals surface area contributed by atoms with E-state index in [9.17, 15) is 0 Å². The Hall–Kier alpha value is -3.02. The number of fused-ring (bicyclic) bond motifs is 5. The van der Waals surface area contributed by atoms with Gasteiger partial charge in [-0.1, -0.05) is 24.3 Å². The molecule has 0 aliphatic carbocycles. The lowest BCUT2D eigenvalue weighted by atomic mass is 9.84. The van der Waals surface area contributed by atoms with Crippen LogP contribution in [0, 0.1) is 0 Å². The maximum atomic E-state index is 6.19. The van der Waals surface area contributed by atoms with Crippen LogP contribution < -0.4 is 5.59 Å². The zero-order chi connectivity index (χ0) is 21.4. The first kappa shape index (κ1) is 18.7. The molecule has 0 saturated carbocycles. The van der Waals surface area contributed by atoms with E-state index in [1.807, 2.05) is 18.3 Å². The molecule has 0 amide bonds. The first-order chi connectivity index (χ1) is 14.8. The minimum atomic E-state index is -0.458. The fourth-order valence-corrected chi connectivity index (χ4v) is 4.36. The Bertz CT molecular complexity index is 1490. The molecule has 2 aromatic heterocycles. The average molecular weight is 406 g/mol. The van der Waals surface area contributed by atoms with Crippen LogP contribution in [0.2, 0.25) is 0 Å². The molecule has 3 heterocycles. The maximum absolute atomic E-state index is 6.19. The molecule has 152 valence electrons. The van der Waals surface area contributed by atoms with Crippen molar-refractivity contribution in [2.45, 2.75) is 38.9 Å².